The molecule has 2 heterocycles. The predicted octanol–water partition coefficient (Wildman–Crippen LogP) is 0.775. The number of nitrogens with zero attached hydrogens (tertiary/aromatic N) is 4. The zero-order chi connectivity index (χ0) is 9.10. The SMILES string of the molecule is ClCCNc1nccn2cnnc12. The average Bonchev–Trinajstić information content (AvgIpc) is 2.62. The van der Waals surface area contributed by atoms with Gasteiger partial charge < -0.3 is 5.32 Å². The van der Waals surface area contributed by atoms with Gasteiger partial charge in [-0.3, -0.25) is 4.40 Å². The molecular weight excluding hydrogens is 190 g/mol. The summed E-state index contributed by atoms with van der Waals surface area (Å²) in [5, 5.41) is 10.7. The van der Waals surface area contributed by atoms with Crippen LogP contribution in [0.15, 0.2) is 18.7 Å². The first-order valence-corrected chi connectivity index (χ1v) is 4.39. The lowest BCUT2D eigenvalue weighted by Crippen LogP contribution is -2.05. The normalized spacial score (nSPS) is 10.5. The van der Waals surface area contributed by atoms with Gasteiger partial charge in [0.25, 0.3) is 0 Å². The van der Waals surface area contributed by atoms with Crippen molar-refractivity contribution in [2.45, 2.75) is 0 Å². The minimum atomic E-state index is 0.539. The number of halogens is 1. The van der Waals surface area contributed by atoms with Crippen LogP contribution in [0, 0.1) is 0 Å². The van der Waals surface area contributed by atoms with Crippen molar-refractivity contribution in [2.24, 2.45) is 0 Å². The van der Waals surface area contributed by atoms with E-state index in [1.807, 2.05) is 0 Å². The minimum absolute atomic E-state index is 0.539. The summed E-state index contributed by atoms with van der Waals surface area (Å²) in [6.07, 6.45) is 5.11. The van der Waals surface area contributed by atoms with Gasteiger partial charge in [-0.15, -0.1) is 21.8 Å². The number of hydrogen-bond donors (Lipinski definition) is 1. The third kappa shape index (κ3) is 1.55. The fraction of sp³-hybridized carbons (Fsp3) is 0.286. The Morgan fingerprint density at radius 3 is 3.31 bits per heavy atom. The van der Waals surface area contributed by atoms with Gasteiger partial charge in [0.1, 0.15) is 6.33 Å². The van der Waals surface area contributed by atoms with Crippen LogP contribution < -0.4 is 5.32 Å². The lowest BCUT2D eigenvalue weighted by Gasteiger charge is -2.02. The monoisotopic (exact) mass is 197 g/mol. The van der Waals surface area contributed by atoms with E-state index < -0.39 is 0 Å². The molecule has 0 saturated carbocycles. The molecule has 2 rings (SSSR count). The molecule has 0 aliphatic carbocycles. The van der Waals surface area contributed by atoms with Gasteiger partial charge in [0, 0.05) is 24.8 Å². The molecule has 0 aromatic carbocycles. The molecule has 0 unspecified atom stereocenters. The summed E-state index contributed by atoms with van der Waals surface area (Å²) in [7, 11) is 0. The Morgan fingerprint density at radius 2 is 2.46 bits per heavy atom. The van der Waals surface area contributed by atoms with Crippen LogP contribution in [0.4, 0.5) is 5.82 Å². The Balaban J connectivity index is 2.37. The Kier molecular flexibility index (Phi) is 2.27. The molecule has 6 heteroatoms. The van der Waals surface area contributed by atoms with Crippen molar-refractivity contribution in [1.82, 2.24) is 19.6 Å². The van der Waals surface area contributed by atoms with Crippen LogP contribution in [0.2, 0.25) is 0 Å². The van der Waals surface area contributed by atoms with Crippen LogP contribution in [0.25, 0.3) is 5.65 Å². The van der Waals surface area contributed by atoms with Gasteiger partial charge in [-0.05, 0) is 0 Å². The first-order chi connectivity index (χ1) is 6.42. The zero-order valence-corrected chi connectivity index (χ0v) is 7.57. The maximum absolute atomic E-state index is 5.54. The van der Waals surface area contributed by atoms with Crippen LogP contribution in [0.5, 0.6) is 0 Å². The van der Waals surface area contributed by atoms with Crippen LogP contribution in [0.3, 0.4) is 0 Å². The fourth-order valence-corrected chi connectivity index (χ4v) is 1.14. The second kappa shape index (κ2) is 3.57. The molecule has 0 spiro atoms. The number of nitrogens with one attached hydrogen (secondary N) is 1. The van der Waals surface area contributed by atoms with Crippen LogP contribution in [0.1, 0.15) is 0 Å². The molecule has 0 fully saturated rings. The van der Waals surface area contributed by atoms with E-state index in [1.54, 1.807) is 23.1 Å². The van der Waals surface area contributed by atoms with E-state index in [9.17, 15) is 0 Å². The molecule has 0 bridgehead atoms. The van der Waals surface area contributed by atoms with Crippen molar-refractivity contribution in [3.05, 3.63) is 18.7 Å². The highest BCUT2D eigenvalue weighted by Gasteiger charge is 2.02. The molecule has 0 aliphatic rings. The van der Waals surface area contributed by atoms with Crippen LogP contribution in [-0.4, -0.2) is 32.0 Å². The Hall–Kier alpha value is -1.36. The summed E-state index contributed by atoms with van der Waals surface area (Å²) in [5.41, 5.74) is 0.715. The number of hydrogen-bond acceptors (Lipinski definition) is 4. The maximum atomic E-state index is 5.54. The number of anilines is 1. The predicted molar refractivity (Wildman–Crippen MR) is 50.0 cm³/mol. The average molecular weight is 198 g/mol. The second-order valence-corrected chi connectivity index (χ2v) is 2.83. The number of aromatic nitrogens is 4. The molecule has 0 atom stereocenters. The summed E-state index contributed by atoms with van der Waals surface area (Å²) in [4.78, 5) is 4.12. The summed E-state index contributed by atoms with van der Waals surface area (Å²) < 4.78 is 1.80. The maximum Gasteiger partial charge on any atom is 0.203 e. The first kappa shape index (κ1) is 8.25. The molecule has 0 aliphatic heterocycles. The first-order valence-electron chi connectivity index (χ1n) is 3.86. The highest BCUT2D eigenvalue weighted by Crippen LogP contribution is 2.08. The molecule has 0 radical (unpaired) electrons. The van der Waals surface area contributed by atoms with Crippen LogP contribution >= 0.6 is 11.6 Å². The molecule has 2 aromatic rings. The largest absolute Gasteiger partial charge is 0.366 e. The highest BCUT2D eigenvalue weighted by atomic mass is 35.5. The van der Waals surface area contributed by atoms with Gasteiger partial charge in [0.2, 0.25) is 5.65 Å². The van der Waals surface area contributed by atoms with E-state index in [0.717, 1.165) is 0 Å². The third-order valence-electron chi connectivity index (χ3n) is 1.60. The number of rotatable bonds is 3. The second-order valence-electron chi connectivity index (χ2n) is 2.45. The van der Waals surface area contributed by atoms with E-state index in [1.165, 1.54) is 0 Å². The van der Waals surface area contributed by atoms with Crippen LogP contribution in [-0.2, 0) is 0 Å². The lowest BCUT2D eigenvalue weighted by molar-refractivity contribution is 1.09. The van der Waals surface area contributed by atoms with Crippen molar-refractivity contribution >= 4 is 23.1 Å². The number of fused-ring (bicyclic) bond motifs is 1. The van der Waals surface area contributed by atoms with Crippen molar-refractivity contribution < 1.29 is 0 Å². The lowest BCUT2D eigenvalue weighted by atomic mass is 10.6. The van der Waals surface area contributed by atoms with Gasteiger partial charge in [-0.1, -0.05) is 0 Å². The summed E-state index contributed by atoms with van der Waals surface area (Å²) in [6, 6.07) is 0. The highest BCUT2D eigenvalue weighted by molar-refractivity contribution is 6.18. The van der Waals surface area contributed by atoms with E-state index >= 15 is 0 Å². The zero-order valence-electron chi connectivity index (χ0n) is 6.81. The number of alkyl halides is 1. The van der Waals surface area contributed by atoms with Crippen molar-refractivity contribution in [3.63, 3.8) is 0 Å². The molecule has 0 amide bonds. The van der Waals surface area contributed by atoms with Gasteiger partial charge in [0.05, 0.1) is 0 Å². The van der Waals surface area contributed by atoms with E-state index in [4.69, 9.17) is 11.6 Å². The van der Waals surface area contributed by atoms with Crippen molar-refractivity contribution in [3.8, 4) is 0 Å². The standard InChI is InChI=1S/C7H8ClN5/c8-1-2-9-6-7-12-11-5-13(7)4-3-10-6/h3-5H,1-2H2,(H,9,10). The van der Waals surface area contributed by atoms with Gasteiger partial charge in [-0.25, -0.2) is 4.98 Å². The molecular formula is C7H8ClN5. The Morgan fingerprint density at radius 1 is 1.54 bits per heavy atom. The molecule has 0 saturated heterocycles. The molecule has 68 valence electrons. The quantitative estimate of drug-likeness (QED) is 0.739. The molecule has 13 heavy (non-hydrogen) atoms. The fourth-order valence-electron chi connectivity index (χ4n) is 1.05. The van der Waals surface area contributed by atoms with Gasteiger partial charge in [0.15, 0.2) is 5.82 Å². The van der Waals surface area contributed by atoms with Gasteiger partial charge in [-0.2, -0.15) is 0 Å². The molecule has 5 nitrogen and oxygen atoms in total. The third-order valence-corrected chi connectivity index (χ3v) is 1.79. The topological polar surface area (TPSA) is 55.1 Å². The molecule has 2 aromatic heterocycles. The molecule has 1 N–H and O–H groups in total. The summed E-state index contributed by atoms with van der Waals surface area (Å²) in [6.45, 7) is 0.668. The Labute approximate surface area is 79.8 Å². The van der Waals surface area contributed by atoms with Crippen molar-refractivity contribution in [2.75, 3.05) is 17.7 Å². The smallest absolute Gasteiger partial charge is 0.203 e. The summed E-state index contributed by atoms with van der Waals surface area (Å²) >= 11 is 5.54. The minimum Gasteiger partial charge on any atom is -0.366 e. The van der Waals surface area contributed by atoms with E-state index in [2.05, 4.69) is 20.5 Å². The van der Waals surface area contributed by atoms with Gasteiger partial charge >= 0.3 is 0 Å². The van der Waals surface area contributed by atoms with E-state index in [0.29, 0.717) is 23.9 Å². The van der Waals surface area contributed by atoms with E-state index in [-0.39, 0.29) is 0 Å². The Bertz CT molecular complexity index is 398. The summed E-state index contributed by atoms with van der Waals surface area (Å²) in [5.74, 6) is 1.25. The van der Waals surface area contributed by atoms with Crippen molar-refractivity contribution in [1.29, 1.82) is 0 Å².